The zero-order valence-corrected chi connectivity index (χ0v) is 31.1. The molecule has 1 aliphatic carbocycles. The number of rotatable bonds is 10. The number of likely N-dealkylation sites (tertiary alicyclic amines) is 1. The third-order valence-corrected chi connectivity index (χ3v) is 11.8. The van der Waals surface area contributed by atoms with Gasteiger partial charge in [0.15, 0.2) is 11.5 Å². The number of fused-ring (bicyclic) bond motifs is 2. The van der Waals surface area contributed by atoms with Gasteiger partial charge in [0.1, 0.15) is 17.9 Å². The SMILES string of the molecule is C[C@H](C#N)Nc1cc(-n2ncc3cc(C#N)cnc32)ncc1C(=O)NC1CCC(CCN2CC[C@H]3[C@@H]2CCN3c2ccc(N3CCC(=O)NC3=O)c(F)c2)CC1. The molecule has 3 N–H and O–H groups in total. The van der Waals surface area contributed by atoms with Crippen molar-refractivity contribution in [2.75, 3.05) is 41.3 Å². The summed E-state index contributed by atoms with van der Waals surface area (Å²) < 4.78 is 16.8. The highest BCUT2D eigenvalue weighted by Gasteiger charge is 2.43. The van der Waals surface area contributed by atoms with Crippen LogP contribution >= 0.6 is 0 Å². The number of nitrogens with zero attached hydrogens (tertiary/aromatic N) is 9. The van der Waals surface area contributed by atoms with Crippen LogP contribution in [-0.4, -0.2) is 92.8 Å². The lowest BCUT2D eigenvalue weighted by Crippen LogP contribution is -2.49. The maximum Gasteiger partial charge on any atom is 0.328 e. The van der Waals surface area contributed by atoms with Crippen molar-refractivity contribution in [3.63, 3.8) is 0 Å². The molecular formula is C40H43FN12O3. The van der Waals surface area contributed by atoms with E-state index in [1.165, 1.54) is 28.0 Å². The normalized spacial score (nSPS) is 23.0. The highest BCUT2D eigenvalue weighted by molar-refractivity contribution is 6.05. The van der Waals surface area contributed by atoms with E-state index in [1.54, 1.807) is 31.3 Å². The van der Waals surface area contributed by atoms with E-state index in [-0.39, 0.29) is 36.5 Å². The Hall–Kier alpha value is -6.13. The number of nitriles is 2. The zero-order valence-electron chi connectivity index (χ0n) is 31.1. The molecule has 3 aromatic heterocycles. The van der Waals surface area contributed by atoms with Gasteiger partial charge in [-0.2, -0.15) is 20.3 Å². The Labute approximate surface area is 323 Å². The van der Waals surface area contributed by atoms with Gasteiger partial charge in [-0.1, -0.05) is 0 Å². The number of carbonyl (C=O) groups excluding carboxylic acids is 3. The van der Waals surface area contributed by atoms with Crippen molar-refractivity contribution in [1.29, 1.82) is 10.5 Å². The molecule has 4 aromatic rings. The molecule has 4 amide bonds. The highest BCUT2D eigenvalue weighted by Crippen LogP contribution is 2.38. The molecule has 3 saturated heterocycles. The number of anilines is 3. The Bertz CT molecular complexity index is 2260. The molecule has 1 saturated carbocycles. The first-order valence-corrected chi connectivity index (χ1v) is 19.3. The molecule has 56 heavy (non-hydrogen) atoms. The summed E-state index contributed by atoms with van der Waals surface area (Å²) in [7, 11) is 0. The van der Waals surface area contributed by atoms with E-state index >= 15 is 4.39 Å². The summed E-state index contributed by atoms with van der Waals surface area (Å²) in [6.07, 6.45) is 11.6. The van der Waals surface area contributed by atoms with E-state index in [0.717, 1.165) is 70.3 Å². The average molecular weight is 759 g/mol. The van der Waals surface area contributed by atoms with Crippen LogP contribution in [0.25, 0.3) is 16.9 Å². The summed E-state index contributed by atoms with van der Waals surface area (Å²) in [6, 6.07) is 12.3. The quantitative estimate of drug-likeness (QED) is 0.205. The Morgan fingerprint density at radius 3 is 2.59 bits per heavy atom. The third-order valence-electron chi connectivity index (χ3n) is 11.8. The molecule has 4 aliphatic rings. The molecule has 0 bridgehead atoms. The summed E-state index contributed by atoms with van der Waals surface area (Å²) >= 11 is 0. The average Bonchev–Trinajstić information content (AvgIpc) is 3.93. The second-order valence-corrected chi connectivity index (χ2v) is 15.2. The molecule has 8 rings (SSSR count). The molecule has 288 valence electrons. The fourth-order valence-corrected chi connectivity index (χ4v) is 8.84. The first kappa shape index (κ1) is 36.8. The van der Waals surface area contributed by atoms with Crippen LogP contribution in [0.5, 0.6) is 0 Å². The lowest BCUT2D eigenvalue weighted by molar-refractivity contribution is -0.120. The van der Waals surface area contributed by atoms with E-state index < -0.39 is 17.9 Å². The Morgan fingerprint density at radius 2 is 1.82 bits per heavy atom. The number of urea groups is 1. The highest BCUT2D eigenvalue weighted by atomic mass is 19.1. The summed E-state index contributed by atoms with van der Waals surface area (Å²) in [5, 5.41) is 32.4. The molecule has 0 unspecified atom stereocenters. The minimum atomic E-state index is -0.593. The van der Waals surface area contributed by atoms with E-state index in [0.29, 0.717) is 51.7 Å². The van der Waals surface area contributed by atoms with Crippen LogP contribution in [-0.2, 0) is 4.79 Å². The van der Waals surface area contributed by atoms with E-state index in [4.69, 9.17) is 0 Å². The number of hydrogen-bond donors (Lipinski definition) is 3. The van der Waals surface area contributed by atoms with Crippen LogP contribution in [0.4, 0.5) is 26.2 Å². The molecule has 16 heteroatoms. The minimum Gasteiger partial charge on any atom is -0.369 e. The largest absolute Gasteiger partial charge is 0.369 e. The lowest BCUT2D eigenvalue weighted by Gasteiger charge is -2.32. The lowest BCUT2D eigenvalue weighted by atomic mass is 9.84. The molecule has 6 heterocycles. The van der Waals surface area contributed by atoms with E-state index in [2.05, 4.69) is 53.0 Å². The van der Waals surface area contributed by atoms with Gasteiger partial charge in [0.2, 0.25) is 5.91 Å². The molecular weight excluding hydrogens is 716 g/mol. The number of hydrogen-bond acceptors (Lipinski definition) is 11. The van der Waals surface area contributed by atoms with Crippen molar-refractivity contribution in [2.45, 2.75) is 82.5 Å². The predicted octanol–water partition coefficient (Wildman–Crippen LogP) is 4.63. The summed E-state index contributed by atoms with van der Waals surface area (Å²) in [5.41, 5.74) is 2.76. The van der Waals surface area contributed by atoms with Crippen molar-refractivity contribution in [2.24, 2.45) is 5.92 Å². The Morgan fingerprint density at radius 1 is 1.00 bits per heavy atom. The fourth-order valence-electron chi connectivity index (χ4n) is 8.84. The monoisotopic (exact) mass is 758 g/mol. The Kier molecular flexibility index (Phi) is 10.2. The minimum absolute atomic E-state index is 0.0337. The number of amides is 4. The van der Waals surface area contributed by atoms with Crippen molar-refractivity contribution in [1.82, 2.24) is 35.3 Å². The van der Waals surface area contributed by atoms with Gasteiger partial charge < -0.3 is 15.5 Å². The first-order valence-electron chi connectivity index (χ1n) is 19.3. The van der Waals surface area contributed by atoms with Crippen LogP contribution in [0.15, 0.2) is 48.9 Å². The number of pyridine rings is 2. The van der Waals surface area contributed by atoms with Crippen LogP contribution in [0.3, 0.4) is 0 Å². The van der Waals surface area contributed by atoms with Crippen LogP contribution in [0.2, 0.25) is 0 Å². The van der Waals surface area contributed by atoms with Gasteiger partial charge in [-0.3, -0.25) is 24.7 Å². The molecule has 3 aliphatic heterocycles. The molecule has 15 nitrogen and oxygen atoms in total. The smallest absolute Gasteiger partial charge is 0.328 e. The topological polar surface area (TPSA) is 188 Å². The number of carbonyl (C=O) groups is 3. The van der Waals surface area contributed by atoms with Crippen molar-refractivity contribution in [3.05, 3.63) is 65.9 Å². The third kappa shape index (κ3) is 7.32. The van der Waals surface area contributed by atoms with E-state index in [9.17, 15) is 24.9 Å². The summed E-state index contributed by atoms with van der Waals surface area (Å²) in [4.78, 5) is 52.5. The summed E-state index contributed by atoms with van der Waals surface area (Å²) in [5.74, 6) is -0.0742. The molecule has 4 fully saturated rings. The number of benzene rings is 1. The van der Waals surface area contributed by atoms with Gasteiger partial charge in [0, 0.05) is 73.7 Å². The second-order valence-electron chi connectivity index (χ2n) is 15.2. The molecule has 3 atom stereocenters. The predicted molar refractivity (Wildman–Crippen MR) is 206 cm³/mol. The number of aromatic nitrogens is 4. The zero-order chi connectivity index (χ0) is 38.9. The van der Waals surface area contributed by atoms with E-state index in [1.807, 2.05) is 6.07 Å². The molecule has 1 aromatic carbocycles. The van der Waals surface area contributed by atoms with Gasteiger partial charge >= 0.3 is 6.03 Å². The van der Waals surface area contributed by atoms with Crippen molar-refractivity contribution >= 4 is 45.9 Å². The fraction of sp³-hybridized carbons (Fsp3) is 0.450. The van der Waals surface area contributed by atoms with Gasteiger partial charge in [0.05, 0.1) is 34.8 Å². The second kappa shape index (κ2) is 15.5. The maximum absolute atomic E-state index is 15.3. The maximum atomic E-state index is 15.3. The standard InChI is InChI=1S/C40H43FN12O3/c1-24(19-42)47-32-18-36(53-38-27(22-46-53)16-26(20-43)21-45-38)44-23-30(32)39(55)48-28-4-2-25(3-5-28)8-12-50-13-9-35-34(50)10-14-51(35)29-6-7-33(31(41)17-29)52-15-11-37(54)49-40(52)56/h6-7,16-18,21-25,28,34-35H,2-5,8-15H2,1H3,(H,44,47)(H,48,55)(H,49,54,56)/t24-,25?,28?,34+,35+/m1/s1. The molecule has 0 spiro atoms. The van der Waals surface area contributed by atoms with Crippen molar-refractivity contribution < 1.29 is 18.8 Å². The van der Waals surface area contributed by atoms with Crippen LogP contribution < -0.4 is 25.8 Å². The first-order chi connectivity index (χ1) is 27.2. The Balaban J connectivity index is 0.839. The van der Waals surface area contributed by atoms with Gasteiger partial charge in [-0.25, -0.2) is 19.2 Å². The summed E-state index contributed by atoms with van der Waals surface area (Å²) in [6.45, 7) is 4.74. The number of imide groups is 1. The van der Waals surface area contributed by atoms with Gasteiger partial charge in [0.25, 0.3) is 5.91 Å². The van der Waals surface area contributed by atoms with Gasteiger partial charge in [-0.05, 0) is 88.6 Å². The van der Waals surface area contributed by atoms with Crippen LogP contribution in [0.1, 0.15) is 74.2 Å². The van der Waals surface area contributed by atoms with Gasteiger partial charge in [-0.15, -0.1) is 0 Å². The van der Waals surface area contributed by atoms with Crippen LogP contribution in [0, 0.1) is 34.4 Å². The van der Waals surface area contributed by atoms with Crippen molar-refractivity contribution in [3.8, 4) is 18.0 Å². The number of halogens is 1. The number of nitrogens with one attached hydrogen (secondary N) is 3. The molecule has 0 radical (unpaired) electrons.